The standard InChI is InChI=1S/3C14H24N/c1-7-9-14-10(3)12(5)15(8-2)13(6)11(14)4;1-7-9-14-11(4)10(3)12(5)15(8-2)13(14)6;1-7-9-14-12(5)10(3)11(4)13(6)15(14)8-2/h3*7-9H2,1-6H3/q3*+1. The van der Waals surface area contributed by atoms with Crippen LogP contribution in [0.2, 0.25) is 0 Å². The maximum atomic E-state index is 2.47. The topological polar surface area (TPSA) is 11.6 Å². The molecule has 0 aliphatic carbocycles. The molecule has 3 aromatic heterocycles. The average Bonchev–Trinajstić information content (AvgIpc) is 3.02. The molecule has 0 aromatic carbocycles. The monoisotopic (exact) mass is 619 g/mol. The molecule has 0 radical (unpaired) electrons. The van der Waals surface area contributed by atoms with Crippen molar-refractivity contribution in [1.82, 2.24) is 0 Å². The van der Waals surface area contributed by atoms with Crippen molar-refractivity contribution in [2.24, 2.45) is 0 Å². The van der Waals surface area contributed by atoms with Gasteiger partial charge in [-0.15, -0.1) is 0 Å². The minimum Gasteiger partial charge on any atom is -0.200 e. The predicted molar refractivity (Wildman–Crippen MR) is 196 cm³/mol. The van der Waals surface area contributed by atoms with Gasteiger partial charge in [0.2, 0.25) is 0 Å². The smallest absolute Gasteiger partial charge is 0.184 e. The zero-order valence-corrected chi connectivity index (χ0v) is 33.2. The number of rotatable bonds is 9. The van der Waals surface area contributed by atoms with Crippen LogP contribution >= 0.6 is 0 Å². The molecule has 3 heteroatoms. The van der Waals surface area contributed by atoms with Gasteiger partial charge >= 0.3 is 0 Å². The van der Waals surface area contributed by atoms with Gasteiger partial charge in [-0.3, -0.25) is 0 Å². The fourth-order valence-corrected chi connectivity index (χ4v) is 7.32. The van der Waals surface area contributed by atoms with Crippen LogP contribution in [-0.4, -0.2) is 0 Å². The molecule has 3 heterocycles. The summed E-state index contributed by atoms with van der Waals surface area (Å²) in [7, 11) is 0. The number of nitrogens with zero attached hydrogens (tertiary/aromatic N) is 3. The van der Waals surface area contributed by atoms with Crippen LogP contribution in [0.3, 0.4) is 0 Å². The zero-order chi connectivity index (χ0) is 34.8. The second-order valence-electron chi connectivity index (χ2n) is 13.2. The highest BCUT2D eigenvalue weighted by Gasteiger charge is 2.22. The SMILES string of the molecule is CCCc1c(C)c(C)[n+](CC)c(C)c1C.CCCc1c(C)c(C)c(C)[n+](CC)c1C.CCCc1c(C)c(C)c(C)c(C)[n+]1CC. The van der Waals surface area contributed by atoms with E-state index in [0.29, 0.717) is 0 Å². The Morgan fingerprint density at radius 2 is 0.667 bits per heavy atom. The van der Waals surface area contributed by atoms with Crippen LogP contribution in [0.25, 0.3) is 0 Å². The quantitative estimate of drug-likeness (QED) is 0.212. The Morgan fingerprint density at radius 3 is 1.09 bits per heavy atom. The van der Waals surface area contributed by atoms with Crippen LogP contribution < -0.4 is 13.7 Å². The number of hydrogen-bond donors (Lipinski definition) is 0. The Labute approximate surface area is 280 Å². The van der Waals surface area contributed by atoms with Crippen molar-refractivity contribution in [3.05, 3.63) is 84.2 Å². The summed E-state index contributed by atoms with van der Waals surface area (Å²) in [4.78, 5) is 0. The van der Waals surface area contributed by atoms with Gasteiger partial charge in [-0.1, -0.05) is 33.6 Å². The van der Waals surface area contributed by atoms with Crippen LogP contribution in [0.1, 0.15) is 145 Å². The lowest BCUT2D eigenvalue weighted by Crippen LogP contribution is -2.42. The summed E-state index contributed by atoms with van der Waals surface area (Å²) in [6.45, 7) is 43.7. The van der Waals surface area contributed by atoms with Gasteiger partial charge in [0.25, 0.3) is 0 Å². The van der Waals surface area contributed by atoms with Crippen molar-refractivity contribution < 1.29 is 13.7 Å². The summed E-state index contributed by atoms with van der Waals surface area (Å²) in [5.74, 6) is 0. The van der Waals surface area contributed by atoms with Crippen molar-refractivity contribution >= 4 is 0 Å². The van der Waals surface area contributed by atoms with Crippen molar-refractivity contribution in [2.75, 3.05) is 0 Å². The summed E-state index contributed by atoms with van der Waals surface area (Å²) in [5, 5.41) is 0. The molecule has 0 spiro atoms. The van der Waals surface area contributed by atoms with Crippen LogP contribution in [0, 0.1) is 83.1 Å². The van der Waals surface area contributed by atoms with Gasteiger partial charge in [-0.05, 0) is 105 Å². The minimum atomic E-state index is 1.08. The molecule has 3 nitrogen and oxygen atoms in total. The highest BCUT2D eigenvalue weighted by Crippen LogP contribution is 2.21. The summed E-state index contributed by atoms with van der Waals surface area (Å²) in [6.07, 6.45) is 7.30. The summed E-state index contributed by atoms with van der Waals surface area (Å²) in [5.41, 5.74) is 22.2. The molecule has 0 saturated heterocycles. The van der Waals surface area contributed by atoms with Crippen molar-refractivity contribution in [1.29, 1.82) is 0 Å². The third-order valence-electron chi connectivity index (χ3n) is 10.9. The lowest BCUT2D eigenvalue weighted by molar-refractivity contribution is -0.707. The zero-order valence-electron chi connectivity index (χ0n) is 33.2. The van der Waals surface area contributed by atoms with E-state index in [0.717, 1.165) is 19.6 Å². The van der Waals surface area contributed by atoms with E-state index in [4.69, 9.17) is 0 Å². The Balaban J connectivity index is 0.000000337. The molecule has 0 unspecified atom stereocenters. The van der Waals surface area contributed by atoms with Crippen LogP contribution in [-0.2, 0) is 38.9 Å². The molecule has 0 atom stereocenters. The average molecular weight is 619 g/mol. The second kappa shape index (κ2) is 18.6. The van der Waals surface area contributed by atoms with Gasteiger partial charge in [0.15, 0.2) is 34.2 Å². The van der Waals surface area contributed by atoms with E-state index in [1.807, 2.05) is 0 Å². The Hall–Kier alpha value is -2.55. The fraction of sp³-hybridized carbons (Fsp3) is 0.643. The summed E-state index contributed by atoms with van der Waals surface area (Å²) < 4.78 is 7.33. The molecule has 0 amide bonds. The van der Waals surface area contributed by atoms with E-state index in [1.54, 1.807) is 11.1 Å². The predicted octanol–water partition coefficient (Wildman–Crippen LogP) is 9.54. The van der Waals surface area contributed by atoms with Gasteiger partial charge < -0.3 is 0 Å². The molecule has 3 aromatic rings. The van der Waals surface area contributed by atoms with E-state index in [-0.39, 0.29) is 0 Å². The first-order chi connectivity index (χ1) is 21.1. The summed E-state index contributed by atoms with van der Waals surface area (Å²) in [6, 6.07) is 0. The Bertz CT molecular complexity index is 1410. The first kappa shape index (κ1) is 40.5. The molecule has 3 rings (SSSR count). The second-order valence-corrected chi connectivity index (χ2v) is 13.2. The van der Waals surface area contributed by atoms with Crippen molar-refractivity contribution in [3.63, 3.8) is 0 Å². The molecule has 45 heavy (non-hydrogen) atoms. The summed E-state index contributed by atoms with van der Waals surface area (Å²) >= 11 is 0. The molecule has 0 aliphatic heterocycles. The van der Waals surface area contributed by atoms with Gasteiger partial charge in [-0.2, -0.15) is 4.57 Å². The third kappa shape index (κ3) is 9.05. The lowest BCUT2D eigenvalue weighted by Gasteiger charge is -2.13. The van der Waals surface area contributed by atoms with Crippen molar-refractivity contribution in [2.45, 2.75) is 183 Å². The van der Waals surface area contributed by atoms with Crippen LogP contribution in [0.5, 0.6) is 0 Å². The molecular formula is C42H72N3+3. The van der Waals surface area contributed by atoms with Crippen LogP contribution in [0.4, 0.5) is 0 Å². The highest BCUT2D eigenvalue weighted by atomic mass is 15.0. The number of hydrogen-bond acceptors (Lipinski definition) is 0. The molecule has 0 fully saturated rings. The molecule has 252 valence electrons. The molecule has 0 N–H and O–H groups in total. The largest absolute Gasteiger partial charge is 0.200 e. The van der Waals surface area contributed by atoms with E-state index >= 15 is 0 Å². The van der Waals surface area contributed by atoms with Crippen LogP contribution in [0.15, 0.2) is 0 Å². The normalized spacial score (nSPS) is 10.8. The first-order valence-corrected chi connectivity index (χ1v) is 18.1. The minimum absolute atomic E-state index is 1.08. The van der Waals surface area contributed by atoms with E-state index < -0.39 is 0 Å². The maximum absolute atomic E-state index is 2.47. The highest BCUT2D eigenvalue weighted by molar-refractivity contribution is 5.36. The molecule has 0 aliphatic rings. The maximum Gasteiger partial charge on any atom is 0.184 e. The third-order valence-corrected chi connectivity index (χ3v) is 10.9. The first-order valence-electron chi connectivity index (χ1n) is 18.1. The van der Waals surface area contributed by atoms with E-state index in [2.05, 4.69) is 138 Å². The number of aromatic nitrogens is 3. The molecule has 0 saturated carbocycles. The van der Waals surface area contributed by atoms with Crippen molar-refractivity contribution in [3.8, 4) is 0 Å². The number of pyridine rings is 3. The van der Waals surface area contributed by atoms with E-state index in [9.17, 15) is 0 Å². The fourth-order valence-electron chi connectivity index (χ4n) is 7.32. The molecule has 0 bridgehead atoms. The molecular weight excluding hydrogens is 546 g/mol. The lowest BCUT2D eigenvalue weighted by atomic mass is 9.96. The Kier molecular flexibility index (Phi) is 16.7. The van der Waals surface area contributed by atoms with Gasteiger partial charge in [0, 0.05) is 74.4 Å². The van der Waals surface area contributed by atoms with Gasteiger partial charge in [-0.25, -0.2) is 9.13 Å². The Morgan fingerprint density at radius 1 is 0.311 bits per heavy atom. The van der Waals surface area contributed by atoms with E-state index in [1.165, 1.54) is 112 Å². The van der Waals surface area contributed by atoms with Gasteiger partial charge in [0.05, 0.1) is 0 Å². The van der Waals surface area contributed by atoms with Gasteiger partial charge in [0.1, 0.15) is 19.6 Å².